The summed E-state index contributed by atoms with van der Waals surface area (Å²) in [6, 6.07) is 14.4. The highest BCUT2D eigenvalue weighted by Crippen LogP contribution is 2.42. The van der Waals surface area contributed by atoms with Gasteiger partial charge in [-0.15, -0.1) is 22.7 Å². The van der Waals surface area contributed by atoms with Crippen molar-refractivity contribution in [1.29, 1.82) is 0 Å². The molecule has 0 unspecified atom stereocenters. The van der Waals surface area contributed by atoms with Gasteiger partial charge in [0.1, 0.15) is 11.0 Å². The van der Waals surface area contributed by atoms with E-state index in [9.17, 15) is 26.3 Å². The number of benzene rings is 3. The van der Waals surface area contributed by atoms with Gasteiger partial charge in [-0.1, -0.05) is 12.1 Å². The van der Waals surface area contributed by atoms with E-state index in [1.54, 1.807) is 24.3 Å². The van der Waals surface area contributed by atoms with E-state index >= 15 is 0 Å². The number of thiophene rings is 2. The first-order chi connectivity index (χ1) is 17.8. The monoisotopic (exact) mass is 560 g/mol. The van der Waals surface area contributed by atoms with E-state index in [0.717, 1.165) is 56.9 Å². The van der Waals surface area contributed by atoms with E-state index in [4.69, 9.17) is 0 Å². The number of hydrogen-bond donors (Lipinski definition) is 0. The van der Waals surface area contributed by atoms with Crippen LogP contribution in [0.25, 0.3) is 52.8 Å². The normalized spacial score (nSPS) is 11.5. The van der Waals surface area contributed by atoms with Crippen LogP contribution in [0.15, 0.2) is 60.7 Å². The predicted octanol–water partition coefficient (Wildman–Crippen LogP) is 9.32. The van der Waals surface area contributed by atoms with Crippen LogP contribution in [0.2, 0.25) is 0 Å². The van der Waals surface area contributed by atoms with Crippen molar-refractivity contribution in [3.05, 3.63) is 95.6 Å². The Morgan fingerprint density at radius 3 is 1.19 bits per heavy atom. The quantitative estimate of drug-likeness (QED) is 0.159. The van der Waals surface area contributed by atoms with Crippen LogP contribution < -0.4 is 0 Å². The van der Waals surface area contributed by atoms with Gasteiger partial charge in [-0.3, -0.25) is 0 Å². The lowest BCUT2D eigenvalue weighted by Crippen LogP contribution is -1.90. The first-order valence-corrected chi connectivity index (χ1v) is 12.9. The molecule has 11 heteroatoms. The lowest BCUT2D eigenvalue weighted by molar-refractivity contribution is 0.447. The van der Waals surface area contributed by atoms with Crippen molar-refractivity contribution >= 4 is 45.4 Å². The zero-order valence-electron chi connectivity index (χ0n) is 18.2. The van der Waals surface area contributed by atoms with Crippen LogP contribution in [-0.4, -0.2) is 8.75 Å². The summed E-state index contributed by atoms with van der Waals surface area (Å²) < 4.78 is 90.4. The highest BCUT2D eigenvalue weighted by Gasteiger charge is 2.19. The van der Waals surface area contributed by atoms with Crippen LogP contribution in [0.3, 0.4) is 0 Å². The summed E-state index contributed by atoms with van der Waals surface area (Å²) in [5, 5.41) is 0. The van der Waals surface area contributed by atoms with E-state index in [0.29, 0.717) is 20.8 Å². The van der Waals surface area contributed by atoms with Crippen molar-refractivity contribution in [3.8, 4) is 41.8 Å². The van der Waals surface area contributed by atoms with E-state index in [1.807, 2.05) is 12.1 Å². The van der Waals surface area contributed by atoms with Crippen LogP contribution in [0, 0.1) is 34.9 Å². The van der Waals surface area contributed by atoms with E-state index < -0.39 is 34.9 Å². The summed E-state index contributed by atoms with van der Waals surface area (Å²) in [5.74, 6) is -8.08. The van der Waals surface area contributed by atoms with Crippen LogP contribution in [0.4, 0.5) is 26.3 Å². The molecule has 0 aliphatic rings. The number of rotatable bonds is 4. The molecule has 0 fully saturated rings. The highest BCUT2D eigenvalue weighted by atomic mass is 32.1. The molecule has 0 aliphatic heterocycles. The summed E-state index contributed by atoms with van der Waals surface area (Å²) in [6.07, 6.45) is 0. The van der Waals surface area contributed by atoms with Crippen LogP contribution in [-0.2, 0) is 0 Å². The highest BCUT2D eigenvalue weighted by molar-refractivity contribution is 7.19. The van der Waals surface area contributed by atoms with Gasteiger partial charge in [-0.25, -0.2) is 26.3 Å². The molecule has 0 bridgehead atoms. The first kappa shape index (κ1) is 23.8. The fourth-order valence-corrected chi connectivity index (χ4v) is 6.55. The standard InChI is InChI=1S/C26H10F6N2S3/c27-15-7-11(8-16(28)23(15)31)19-3-5-21(35-19)13-1-2-14(26-25(13)33-37-34-26)22-6-4-20(36-22)12-9-17(29)24(32)18(30)10-12/h1-10H. The molecule has 0 atom stereocenters. The minimum Gasteiger partial charge on any atom is -0.204 e. The Hall–Kier alpha value is -3.54. The van der Waals surface area contributed by atoms with Crippen molar-refractivity contribution in [2.75, 3.05) is 0 Å². The molecule has 3 aromatic heterocycles. The average Bonchev–Trinajstić information content (AvgIpc) is 3.65. The number of fused-ring (bicyclic) bond motifs is 1. The molecule has 0 saturated heterocycles. The van der Waals surface area contributed by atoms with Gasteiger partial charge in [0.05, 0.1) is 11.7 Å². The zero-order chi connectivity index (χ0) is 25.8. The van der Waals surface area contributed by atoms with E-state index in [-0.39, 0.29) is 11.1 Å². The molecule has 2 nitrogen and oxygen atoms in total. The molecular formula is C26H10F6N2S3. The Kier molecular flexibility index (Phi) is 5.85. The Morgan fingerprint density at radius 2 is 0.811 bits per heavy atom. The first-order valence-electron chi connectivity index (χ1n) is 10.6. The molecule has 6 rings (SSSR count). The molecule has 0 saturated carbocycles. The van der Waals surface area contributed by atoms with Gasteiger partial charge in [0.15, 0.2) is 34.9 Å². The molecule has 37 heavy (non-hydrogen) atoms. The molecule has 184 valence electrons. The second-order valence-electron chi connectivity index (χ2n) is 7.96. The van der Waals surface area contributed by atoms with Crippen LogP contribution in [0.5, 0.6) is 0 Å². The second kappa shape index (κ2) is 9.09. The third-order valence-electron chi connectivity index (χ3n) is 5.70. The van der Waals surface area contributed by atoms with Gasteiger partial charge < -0.3 is 0 Å². The fraction of sp³-hybridized carbons (Fsp3) is 0. The maximum absolute atomic E-state index is 13.7. The largest absolute Gasteiger partial charge is 0.204 e. The minimum absolute atomic E-state index is 0.219. The smallest absolute Gasteiger partial charge is 0.194 e. The van der Waals surface area contributed by atoms with Crippen molar-refractivity contribution < 1.29 is 26.3 Å². The minimum atomic E-state index is -1.52. The third kappa shape index (κ3) is 4.12. The summed E-state index contributed by atoms with van der Waals surface area (Å²) in [5.41, 5.74) is 3.17. The Balaban J connectivity index is 1.38. The molecule has 6 aromatic rings. The van der Waals surface area contributed by atoms with Gasteiger partial charge in [0.2, 0.25) is 0 Å². The van der Waals surface area contributed by atoms with Crippen molar-refractivity contribution in [3.63, 3.8) is 0 Å². The zero-order valence-corrected chi connectivity index (χ0v) is 20.6. The Morgan fingerprint density at radius 1 is 0.459 bits per heavy atom. The van der Waals surface area contributed by atoms with Crippen molar-refractivity contribution in [1.82, 2.24) is 8.75 Å². The summed E-state index contributed by atoms with van der Waals surface area (Å²) in [7, 11) is 0. The van der Waals surface area contributed by atoms with Crippen LogP contribution in [0.1, 0.15) is 0 Å². The van der Waals surface area contributed by atoms with Crippen molar-refractivity contribution in [2.45, 2.75) is 0 Å². The van der Waals surface area contributed by atoms with Gasteiger partial charge in [0.25, 0.3) is 0 Å². The molecular weight excluding hydrogens is 550 g/mol. The van der Waals surface area contributed by atoms with Crippen LogP contribution >= 0.6 is 34.4 Å². The third-order valence-corrected chi connectivity index (χ3v) is 8.56. The van der Waals surface area contributed by atoms with Gasteiger partial charge in [-0.2, -0.15) is 8.75 Å². The molecule has 0 amide bonds. The molecule has 3 heterocycles. The summed E-state index contributed by atoms with van der Waals surface area (Å²) >= 11 is 3.55. The molecule has 0 radical (unpaired) electrons. The maximum Gasteiger partial charge on any atom is 0.194 e. The molecule has 0 aliphatic carbocycles. The molecule has 0 spiro atoms. The molecule has 0 N–H and O–H groups in total. The van der Waals surface area contributed by atoms with E-state index in [1.165, 1.54) is 22.7 Å². The molecule has 3 aromatic carbocycles. The van der Waals surface area contributed by atoms with E-state index in [2.05, 4.69) is 8.75 Å². The predicted molar refractivity (Wildman–Crippen MR) is 135 cm³/mol. The van der Waals surface area contributed by atoms with Gasteiger partial charge in [-0.05, 0) is 59.7 Å². The summed E-state index contributed by atoms with van der Waals surface area (Å²) in [4.78, 5) is 2.65. The lowest BCUT2D eigenvalue weighted by Gasteiger charge is -2.04. The number of aromatic nitrogens is 2. The number of halogens is 6. The average molecular weight is 561 g/mol. The Bertz CT molecular complexity index is 1640. The topological polar surface area (TPSA) is 25.8 Å². The van der Waals surface area contributed by atoms with Gasteiger partial charge in [0, 0.05) is 30.6 Å². The SMILES string of the molecule is Fc1cc(-c2ccc(-c3ccc(-c4ccc(-c5cc(F)c(F)c(F)c5)s4)c4nsnc34)s2)cc(F)c1F. The van der Waals surface area contributed by atoms with Crippen molar-refractivity contribution in [2.24, 2.45) is 0 Å². The maximum atomic E-state index is 13.7. The lowest BCUT2D eigenvalue weighted by atomic mass is 10.1. The van der Waals surface area contributed by atoms with Gasteiger partial charge >= 0.3 is 0 Å². The second-order valence-corrected chi connectivity index (χ2v) is 10.7. The number of nitrogens with zero attached hydrogens (tertiary/aromatic N) is 2. The fourth-order valence-electron chi connectivity index (χ4n) is 3.94. The number of hydrogen-bond acceptors (Lipinski definition) is 5. The Labute approximate surface area is 217 Å². The summed E-state index contributed by atoms with van der Waals surface area (Å²) in [6.45, 7) is 0.